The van der Waals surface area contributed by atoms with Crippen LogP contribution in [0.3, 0.4) is 0 Å². The summed E-state index contributed by atoms with van der Waals surface area (Å²) in [6.45, 7) is 3.35. The van der Waals surface area contributed by atoms with Crippen molar-refractivity contribution in [1.29, 1.82) is 0 Å². The van der Waals surface area contributed by atoms with Crippen molar-refractivity contribution >= 4 is 17.3 Å². The van der Waals surface area contributed by atoms with Crippen molar-refractivity contribution in [3.8, 4) is 5.75 Å². The maximum atomic E-state index is 6.01. The maximum Gasteiger partial charge on any atom is 0.138 e. The molecule has 0 fully saturated rings. The highest BCUT2D eigenvalue weighted by atomic mass is 35.5. The van der Waals surface area contributed by atoms with Crippen molar-refractivity contribution in [2.75, 3.05) is 11.9 Å². The first kappa shape index (κ1) is 12.7. The first-order valence-electron chi connectivity index (χ1n) is 5.85. The largest absolute Gasteiger partial charge is 0.486 e. The van der Waals surface area contributed by atoms with Crippen LogP contribution in [0.4, 0.5) is 5.69 Å². The lowest BCUT2D eigenvalue weighted by Gasteiger charge is -2.08. The van der Waals surface area contributed by atoms with Crippen molar-refractivity contribution in [2.24, 2.45) is 0 Å². The second-order valence-electron chi connectivity index (χ2n) is 3.79. The number of anilines is 1. The molecule has 0 saturated carbocycles. The van der Waals surface area contributed by atoms with Gasteiger partial charge in [-0.05, 0) is 31.2 Å². The highest BCUT2D eigenvalue weighted by Gasteiger charge is 2.02. The fraction of sp³-hybridized carbons (Fsp3) is 0.214. The molecule has 0 radical (unpaired) electrons. The lowest BCUT2D eigenvalue weighted by atomic mass is 10.3. The number of rotatable bonds is 5. The second-order valence-corrected chi connectivity index (χ2v) is 4.19. The Morgan fingerprint density at radius 2 is 2.11 bits per heavy atom. The SMILES string of the molecule is CCNc1ccnc(COc2ccccc2Cl)c1. The summed E-state index contributed by atoms with van der Waals surface area (Å²) in [5.74, 6) is 0.676. The molecule has 2 aromatic rings. The van der Waals surface area contributed by atoms with E-state index in [2.05, 4.69) is 17.2 Å². The Kier molecular flexibility index (Phi) is 4.42. The maximum absolute atomic E-state index is 6.01. The molecule has 0 saturated heterocycles. The number of hydrogen-bond donors (Lipinski definition) is 1. The van der Waals surface area contributed by atoms with Gasteiger partial charge < -0.3 is 10.1 Å². The van der Waals surface area contributed by atoms with E-state index in [4.69, 9.17) is 16.3 Å². The summed E-state index contributed by atoms with van der Waals surface area (Å²) in [5.41, 5.74) is 1.92. The fourth-order valence-electron chi connectivity index (χ4n) is 1.58. The van der Waals surface area contributed by atoms with Gasteiger partial charge in [0.15, 0.2) is 0 Å². The highest BCUT2D eigenvalue weighted by molar-refractivity contribution is 6.32. The van der Waals surface area contributed by atoms with Crippen molar-refractivity contribution in [1.82, 2.24) is 4.98 Å². The Bertz CT molecular complexity index is 517. The van der Waals surface area contributed by atoms with Gasteiger partial charge in [0.1, 0.15) is 12.4 Å². The van der Waals surface area contributed by atoms with E-state index in [9.17, 15) is 0 Å². The molecule has 0 unspecified atom stereocenters. The number of ether oxygens (including phenoxy) is 1. The molecule has 94 valence electrons. The fourth-order valence-corrected chi connectivity index (χ4v) is 1.77. The average molecular weight is 263 g/mol. The van der Waals surface area contributed by atoms with E-state index >= 15 is 0 Å². The minimum atomic E-state index is 0.406. The first-order valence-corrected chi connectivity index (χ1v) is 6.23. The zero-order valence-electron chi connectivity index (χ0n) is 10.2. The Labute approximate surface area is 112 Å². The average Bonchev–Trinajstić information content (AvgIpc) is 2.39. The molecule has 0 spiro atoms. The van der Waals surface area contributed by atoms with Crippen LogP contribution >= 0.6 is 11.6 Å². The zero-order chi connectivity index (χ0) is 12.8. The number of nitrogens with zero attached hydrogens (tertiary/aromatic N) is 1. The van der Waals surface area contributed by atoms with Crippen LogP contribution in [0.15, 0.2) is 42.6 Å². The molecule has 18 heavy (non-hydrogen) atoms. The van der Waals surface area contributed by atoms with Crippen molar-refractivity contribution in [3.63, 3.8) is 0 Å². The van der Waals surface area contributed by atoms with Crippen LogP contribution in [-0.2, 0) is 6.61 Å². The molecule has 0 amide bonds. The van der Waals surface area contributed by atoms with Crippen LogP contribution < -0.4 is 10.1 Å². The minimum absolute atomic E-state index is 0.406. The third-order valence-electron chi connectivity index (χ3n) is 2.41. The molecule has 0 atom stereocenters. The molecular formula is C14H15ClN2O. The van der Waals surface area contributed by atoms with E-state index in [0.29, 0.717) is 17.4 Å². The summed E-state index contributed by atoms with van der Waals surface area (Å²) in [6, 6.07) is 11.3. The van der Waals surface area contributed by atoms with Gasteiger partial charge >= 0.3 is 0 Å². The summed E-state index contributed by atoms with van der Waals surface area (Å²) in [5, 5.41) is 3.85. The standard InChI is InChI=1S/C14H15ClN2O/c1-2-16-11-7-8-17-12(9-11)10-18-14-6-4-3-5-13(14)15/h3-9H,2,10H2,1H3,(H,16,17). The van der Waals surface area contributed by atoms with Gasteiger partial charge in [-0.15, -0.1) is 0 Å². The number of benzene rings is 1. The molecule has 1 N–H and O–H groups in total. The van der Waals surface area contributed by atoms with Crippen LogP contribution in [-0.4, -0.2) is 11.5 Å². The Hall–Kier alpha value is -1.74. The summed E-state index contributed by atoms with van der Waals surface area (Å²) in [4.78, 5) is 4.26. The first-order chi connectivity index (χ1) is 8.79. The molecule has 0 bridgehead atoms. The van der Waals surface area contributed by atoms with Gasteiger partial charge in [-0.1, -0.05) is 23.7 Å². The van der Waals surface area contributed by atoms with Crippen LogP contribution in [0.2, 0.25) is 5.02 Å². The smallest absolute Gasteiger partial charge is 0.138 e. The van der Waals surface area contributed by atoms with Crippen LogP contribution in [0.5, 0.6) is 5.75 Å². The number of nitrogens with one attached hydrogen (secondary N) is 1. The Balaban J connectivity index is 2.02. The molecule has 4 heteroatoms. The Morgan fingerprint density at radius 1 is 1.28 bits per heavy atom. The third-order valence-corrected chi connectivity index (χ3v) is 2.72. The number of para-hydroxylation sites is 1. The van der Waals surface area contributed by atoms with Gasteiger partial charge in [-0.2, -0.15) is 0 Å². The van der Waals surface area contributed by atoms with E-state index < -0.39 is 0 Å². The molecule has 0 aliphatic rings. The lowest BCUT2D eigenvalue weighted by molar-refractivity contribution is 0.301. The van der Waals surface area contributed by atoms with Crippen molar-refractivity contribution < 1.29 is 4.74 Å². The number of aromatic nitrogens is 1. The van der Waals surface area contributed by atoms with E-state index in [-0.39, 0.29) is 0 Å². The van der Waals surface area contributed by atoms with E-state index in [1.54, 1.807) is 12.3 Å². The molecular weight excluding hydrogens is 248 g/mol. The quantitative estimate of drug-likeness (QED) is 0.891. The van der Waals surface area contributed by atoms with Crippen LogP contribution in [0.25, 0.3) is 0 Å². The van der Waals surface area contributed by atoms with Gasteiger partial charge in [0.25, 0.3) is 0 Å². The summed E-state index contributed by atoms with van der Waals surface area (Å²) < 4.78 is 5.63. The van der Waals surface area contributed by atoms with Gasteiger partial charge in [0.05, 0.1) is 10.7 Å². The number of pyridine rings is 1. The summed E-state index contributed by atoms with van der Waals surface area (Å²) >= 11 is 6.01. The van der Waals surface area contributed by atoms with Crippen molar-refractivity contribution in [2.45, 2.75) is 13.5 Å². The monoisotopic (exact) mass is 262 g/mol. The zero-order valence-corrected chi connectivity index (χ0v) is 10.9. The normalized spacial score (nSPS) is 10.1. The topological polar surface area (TPSA) is 34.2 Å². The predicted molar refractivity (Wildman–Crippen MR) is 74.2 cm³/mol. The molecule has 1 aromatic carbocycles. The van der Waals surface area contributed by atoms with E-state index in [0.717, 1.165) is 17.9 Å². The molecule has 3 nitrogen and oxygen atoms in total. The molecule has 0 aliphatic heterocycles. The third kappa shape index (κ3) is 3.37. The number of hydrogen-bond acceptors (Lipinski definition) is 3. The van der Waals surface area contributed by atoms with E-state index in [1.807, 2.05) is 30.3 Å². The van der Waals surface area contributed by atoms with Crippen molar-refractivity contribution in [3.05, 3.63) is 53.3 Å². The van der Waals surface area contributed by atoms with Gasteiger partial charge in [-0.25, -0.2) is 0 Å². The van der Waals surface area contributed by atoms with Crippen LogP contribution in [0, 0.1) is 0 Å². The minimum Gasteiger partial charge on any atom is -0.486 e. The van der Waals surface area contributed by atoms with E-state index in [1.165, 1.54) is 0 Å². The van der Waals surface area contributed by atoms with Gasteiger partial charge in [0, 0.05) is 18.4 Å². The molecule has 0 aliphatic carbocycles. The summed E-state index contributed by atoms with van der Waals surface area (Å²) in [7, 11) is 0. The molecule has 1 aromatic heterocycles. The Morgan fingerprint density at radius 3 is 2.89 bits per heavy atom. The lowest BCUT2D eigenvalue weighted by Crippen LogP contribution is -2.01. The summed E-state index contributed by atoms with van der Waals surface area (Å²) in [6.07, 6.45) is 1.77. The molecule has 1 heterocycles. The van der Waals surface area contributed by atoms with Gasteiger partial charge in [-0.3, -0.25) is 4.98 Å². The highest BCUT2D eigenvalue weighted by Crippen LogP contribution is 2.24. The number of halogens is 1. The van der Waals surface area contributed by atoms with Gasteiger partial charge in [0.2, 0.25) is 0 Å². The molecule has 2 rings (SSSR count). The second kappa shape index (κ2) is 6.26. The predicted octanol–water partition coefficient (Wildman–Crippen LogP) is 3.75. The van der Waals surface area contributed by atoms with Crippen LogP contribution in [0.1, 0.15) is 12.6 Å².